The molecule has 21 heavy (non-hydrogen) atoms. The van der Waals surface area contributed by atoms with Crippen LogP contribution < -0.4 is 4.74 Å². The molecule has 0 bridgehead atoms. The average molecular weight is 322 g/mol. The average Bonchev–Trinajstić information content (AvgIpc) is 2.87. The number of benzene rings is 1. The number of hydrogen-bond acceptors (Lipinski definition) is 4. The number of carbonyl (C=O) groups excluding carboxylic acids is 1. The second-order valence-corrected chi connectivity index (χ2v) is 5.68. The Kier molecular flexibility index (Phi) is 3.94. The lowest BCUT2D eigenvalue weighted by molar-refractivity contribution is 0.0933. The topological polar surface area (TPSA) is 48.4 Å². The van der Waals surface area contributed by atoms with Gasteiger partial charge in [0.15, 0.2) is 5.75 Å². The minimum atomic E-state index is -0.441. The van der Waals surface area contributed by atoms with Crippen molar-refractivity contribution in [2.24, 2.45) is 0 Å². The third-order valence-electron chi connectivity index (χ3n) is 3.40. The Labute approximate surface area is 129 Å². The van der Waals surface area contributed by atoms with Crippen molar-refractivity contribution in [1.29, 1.82) is 0 Å². The van der Waals surface area contributed by atoms with Crippen molar-refractivity contribution in [2.45, 2.75) is 19.6 Å². The predicted octanol–water partition coefficient (Wildman–Crippen LogP) is 4.04. The van der Waals surface area contributed by atoms with Crippen LogP contribution in [0.1, 0.15) is 28.5 Å². The highest BCUT2D eigenvalue weighted by atomic mass is 35.5. The molecule has 0 saturated heterocycles. The number of halogens is 1. The Hall–Kier alpha value is -1.48. The van der Waals surface area contributed by atoms with Crippen LogP contribution in [0.2, 0.25) is 5.02 Å². The van der Waals surface area contributed by atoms with E-state index in [0.29, 0.717) is 23.1 Å². The summed E-state index contributed by atoms with van der Waals surface area (Å²) in [7, 11) is 2.00. The largest absolute Gasteiger partial charge is 0.421 e. The van der Waals surface area contributed by atoms with Crippen LogP contribution in [0.15, 0.2) is 30.5 Å². The molecule has 0 fully saturated rings. The Morgan fingerprint density at radius 2 is 2.14 bits per heavy atom. The van der Waals surface area contributed by atoms with E-state index in [-0.39, 0.29) is 6.10 Å². The van der Waals surface area contributed by atoms with Gasteiger partial charge in [-0.3, -0.25) is 4.98 Å². The van der Waals surface area contributed by atoms with Gasteiger partial charge in [0, 0.05) is 22.3 Å². The van der Waals surface area contributed by atoms with Crippen LogP contribution in [-0.2, 0) is 11.3 Å². The quantitative estimate of drug-likeness (QED) is 0.783. The van der Waals surface area contributed by atoms with Gasteiger partial charge in [-0.1, -0.05) is 23.7 Å². The van der Waals surface area contributed by atoms with Crippen molar-refractivity contribution in [3.05, 3.63) is 57.9 Å². The molecule has 1 aromatic heterocycles. The second kappa shape index (κ2) is 5.72. The first-order chi connectivity index (χ1) is 10.1. The van der Waals surface area contributed by atoms with E-state index in [4.69, 9.17) is 21.1 Å². The molecular weight excluding hydrogens is 309 g/mol. The smallest absolute Gasteiger partial charge is 0.325 e. The van der Waals surface area contributed by atoms with E-state index in [0.717, 1.165) is 16.7 Å². The number of hydrogen-bond donors (Lipinski definition) is 0. The van der Waals surface area contributed by atoms with Gasteiger partial charge in [0.1, 0.15) is 6.10 Å². The van der Waals surface area contributed by atoms with E-state index in [1.165, 1.54) is 0 Å². The molecule has 2 heterocycles. The van der Waals surface area contributed by atoms with Crippen molar-refractivity contribution in [2.75, 3.05) is 0 Å². The molecule has 1 aromatic carbocycles. The summed E-state index contributed by atoms with van der Waals surface area (Å²) in [5.41, 5.74) is 3.02. The van der Waals surface area contributed by atoms with Gasteiger partial charge in [0.25, 0.3) is 0 Å². The molecule has 6 heteroatoms. The molecule has 108 valence electrons. The fourth-order valence-corrected chi connectivity index (χ4v) is 2.68. The molecule has 0 spiro atoms. The van der Waals surface area contributed by atoms with Crippen LogP contribution >= 0.6 is 20.8 Å². The summed E-state index contributed by atoms with van der Waals surface area (Å²) in [5.74, 6) is 0.490. The van der Waals surface area contributed by atoms with Gasteiger partial charge in [-0.15, -0.1) is 0 Å². The Balaban J connectivity index is 2.03. The third-order valence-corrected chi connectivity index (χ3v) is 3.77. The van der Waals surface area contributed by atoms with Crippen LogP contribution in [0.25, 0.3) is 0 Å². The van der Waals surface area contributed by atoms with Crippen molar-refractivity contribution >= 4 is 26.6 Å². The van der Waals surface area contributed by atoms with Gasteiger partial charge >= 0.3 is 5.71 Å². The van der Waals surface area contributed by atoms with E-state index in [9.17, 15) is 4.79 Å². The summed E-state index contributed by atoms with van der Waals surface area (Å²) in [6.07, 6.45) is 1.56. The number of pyridine rings is 1. The van der Waals surface area contributed by atoms with Gasteiger partial charge in [-0.05, 0) is 33.9 Å². The Morgan fingerprint density at radius 3 is 2.81 bits per heavy atom. The molecule has 1 aliphatic heterocycles. The summed E-state index contributed by atoms with van der Waals surface area (Å²) in [5, 5.41) is 0.677. The van der Waals surface area contributed by atoms with Gasteiger partial charge in [0.05, 0.1) is 12.3 Å². The maximum Gasteiger partial charge on any atom is 0.325 e. The molecule has 2 unspecified atom stereocenters. The van der Waals surface area contributed by atoms with Crippen molar-refractivity contribution in [3.63, 3.8) is 0 Å². The highest BCUT2D eigenvalue weighted by Gasteiger charge is 2.29. The number of nitrogens with zero attached hydrogens (tertiary/aromatic N) is 1. The van der Waals surface area contributed by atoms with Crippen molar-refractivity contribution in [3.8, 4) is 5.75 Å². The first-order valence-electron chi connectivity index (χ1n) is 6.39. The number of rotatable bonds is 2. The first kappa shape index (κ1) is 14.5. The molecule has 1 aliphatic rings. The lowest BCUT2D eigenvalue weighted by Crippen LogP contribution is -2.04. The molecule has 0 N–H and O–H groups in total. The van der Waals surface area contributed by atoms with Gasteiger partial charge in [-0.2, -0.15) is 0 Å². The maximum atomic E-state index is 11.2. The Bertz CT molecular complexity index is 703. The van der Waals surface area contributed by atoms with Crippen LogP contribution in [0.3, 0.4) is 0 Å². The Morgan fingerprint density at radius 1 is 1.43 bits per heavy atom. The fourth-order valence-electron chi connectivity index (χ4n) is 2.43. The van der Waals surface area contributed by atoms with Crippen LogP contribution in [0, 0.1) is 6.92 Å². The van der Waals surface area contributed by atoms with E-state index in [1.54, 1.807) is 13.1 Å². The standard InChI is InChI=1S/C15H13ClNO3P/c1-8-13(20-15(18)21)12-7-19-14(11(12)6-17-8)9-2-4-10(16)5-3-9/h2-6,14H,7,21H2,1H3. The number of aromatic nitrogens is 1. The van der Waals surface area contributed by atoms with Gasteiger partial charge in [-0.25, -0.2) is 4.79 Å². The van der Waals surface area contributed by atoms with E-state index in [1.807, 2.05) is 33.5 Å². The highest BCUT2D eigenvalue weighted by Crippen LogP contribution is 2.41. The molecule has 0 radical (unpaired) electrons. The zero-order valence-electron chi connectivity index (χ0n) is 11.3. The molecule has 2 atom stereocenters. The normalized spacial score (nSPS) is 16.6. The molecular formula is C15H13ClNO3P. The molecule has 0 amide bonds. The van der Waals surface area contributed by atoms with Crippen molar-refractivity contribution < 1.29 is 14.3 Å². The summed E-state index contributed by atoms with van der Waals surface area (Å²) in [6, 6.07) is 7.49. The minimum Gasteiger partial charge on any atom is -0.421 e. The minimum absolute atomic E-state index is 0.215. The molecule has 0 saturated carbocycles. The summed E-state index contributed by atoms with van der Waals surface area (Å²) in [4.78, 5) is 15.5. The fraction of sp³-hybridized carbons (Fsp3) is 0.200. The predicted molar refractivity (Wildman–Crippen MR) is 82.8 cm³/mol. The number of ether oxygens (including phenoxy) is 2. The SMILES string of the molecule is Cc1ncc2c(c1OC(=O)P)COC2c1ccc(Cl)cc1. The third kappa shape index (κ3) is 2.80. The lowest BCUT2D eigenvalue weighted by Gasteiger charge is -2.13. The summed E-state index contributed by atoms with van der Waals surface area (Å²) < 4.78 is 11.1. The van der Waals surface area contributed by atoms with Crippen molar-refractivity contribution in [1.82, 2.24) is 4.98 Å². The number of carbonyl (C=O) groups is 1. The molecule has 3 rings (SSSR count). The monoisotopic (exact) mass is 321 g/mol. The number of aryl methyl sites for hydroxylation is 1. The first-order valence-corrected chi connectivity index (χ1v) is 7.34. The number of fused-ring (bicyclic) bond motifs is 1. The van der Waals surface area contributed by atoms with Crippen LogP contribution in [-0.4, -0.2) is 10.7 Å². The lowest BCUT2D eigenvalue weighted by atomic mass is 10.0. The van der Waals surface area contributed by atoms with Crippen LogP contribution in [0.4, 0.5) is 4.79 Å². The van der Waals surface area contributed by atoms with E-state index >= 15 is 0 Å². The van der Waals surface area contributed by atoms with E-state index in [2.05, 4.69) is 4.98 Å². The molecule has 2 aromatic rings. The zero-order valence-corrected chi connectivity index (χ0v) is 13.2. The van der Waals surface area contributed by atoms with Gasteiger partial charge in [0.2, 0.25) is 0 Å². The summed E-state index contributed by atoms with van der Waals surface area (Å²) >= 11 is 5.91. The van der Waals surface area contributed by atoms with Gasteiger partial charge < -0.3 is 9.47 Å². The maximum absolute atomic E-state index is 11.2. The zero-order chi connectivity index (χ0) is 15.0. The van der Waals surface area contributed by atoms with E-state index < -0.39 is 5.71 Å². The highest BCUT2D eigenvalue weighted by molar-refractivity contribution is 7.39. The summed E-state index contributed by atoms with van der Waals surface area (Å²) in [6.45, 7) is 2.19. The molecule has 4 nitrogen and oxygen atoms in total. The second-order valence-electron chi connectivity index (χ2n) is 4.77. The molecule has 0 aliphatic carbocycles. The van der Waals surface area contributed by atoms with Crippen LogP contribution in [0.5, 0.6) is 5.75 Å².